The van der Waals surface area contributed by atoms with Gasteiger partial charge in [0.15, 0.2) is 11.5 Å². The molecule has 6 nitrogen and oxygen atoms in total. The average molecular weight is 457 g/mol. The molecule has 0 bridgehead atoms. The highest BCUT2D eigenvalue weighted by molar-refractivity contribution is 5.96. The maximum absolute atomic E-state index is 13.0. The minimum Gasteiger partial charge on any atom is -0.485 e. The highest BCUT2D eigenvalue weighted by atomic mass is 19.4. The Hall–Kier alpha value is -4.01. The van der Waals surface area contributed by atoms with Crippen molar-refractivity contribution >= 4 is 17.6 Å². The molecule has 0 radical (unpaired) electrons. The summed E-state index contributed by atoms with van der Waals surface area (Å²) in [5.74, 6) is -0.831. The fraction of sp³-hybridized carbons (Fsp3) is 0.167. The van der Waals surface area contributed by atoms with Crippen LogP contribution in [-0.2, 0) is 20.5 Å². The second kappa shape index (κ2) is 9.23. The summed E-state index contributed by atoms with van der Waals surface area (Å²) < 4.78 is 55.6. The van der Waals surface area contributed by atoms with Gasteiger partial charge >= 0.3 is 12.1 Å². The number of carbonyl (C=O) groups is 2. The van der Waals surface area contributed by atoms with Crippen LogP contribution in [0.5, 0.6) is 11.5 Å². The van der Waals surface area contributed by atoms with Crippen molar-refractivity contribution in [1.82, 2.24) is 0 Å². The van der Waals surface area contributed by atoms with Crippen molar-refractivity contribution in [2.75, 3.05) is 11.9 Å². The molecule has 170 valence electrons. The highest BCUT2D eigenvalue weighted by Gasteiger charge is 2.34. The van der Waals surface area contributed by atoms with Crippen LogP contribution in [0.4, 0.5) is 18.9 Å². The number of ether oxygens (including phenoxy) is 3. The van der Waals surface area contributed by atoms with E-state index < -0.39 is 35.8 Å². The number of hydrogen-bond acceptors (Lipinski definition) is 5. The molecule has 2 atom stereocenters. The van der Waals surface area contributed by atoms with E-state index in [1.807, 2.05) is 0 Å². The summed E-state index contributed by atoms with van der Waals surface area (Å²) in [7, 11) is 0. The zero-order valence-electron chi connectivity index (χ0n) is 17.0. The first-order chi connectivity index (χ1) is 15.8. The number of fused-ring (bicyclic) bond motifs is 1. The zero-order chi connectivity index (χ0) is 23.4. The molecule has 1 aliphatic heterocycles. The van der Waals surface area contributed by atoms with Crippen molar-refractivity contribution < 1.29 is 37.0 Å². The van der Waals surface area contributed by atoms with E-state index in [0.717, 1.165) is 12.1 Å². The van der Waals surface area contributed by atoms with Gasteiger partial charge in [0.2, 0.25) is 12.2 Å². The molecule has 0 aliphatic carbocycles. The Morgan fingerprint density at radius 3 is 2.36 bits per heavy atom. The van der Waals surface area contributed by atoms with E-state index in [0.29, 0.717) is 17.1 Å². The van der Waals surface area contributed by atoms with E-state index in [-0.39, 0.29) is 12.3 Å². The normalized spacial score (nSPS) is 15.9. The van der Waals surface area contributed by atoms with Crippen LogP contribution in [0.2, 0.25) is 0 Å². The molecule has 0 unspecified atom stereocenters. The molecule has 0 fully saturated rings. The molecule has 0 spiro atoms. The van der Waals surface area contributed by atoms with E-state index in [1.165, 1.54) is 12.1 Å². The number of rotatable bonds is 5. The minimum absolute atomic E-state index is 0.0852. The monoisotopic (exact) mass is 457 g/mol. The first-order valence-electron chi connectivity index (χ1n) is 9.93. The second-order valence-electron chi connectivity index (χ2n) is 7.16. The highest BCUT2D eigenvalue weighted by Crippen LogP contribution is 2.33. The molecule has 3 aromatic rings. The summed E-state index contributed by atoms with van der Waals surface area (Å²) in [5, 5.41) is 2.39. The van der Waals surface area contributed by atoms with Gasteiger partial charge in [0.1, 0.15) is 6.61 Å². The van der Waals surface area contributed by atoms with Crippen LogP contribution in [0.1, 0.15) is 17.2 Å². The number of hydrogen-bond donors (Lipinski definition) is 1. The first kappa shape index (κ1) is 22.2. The van der Waals surface area contributed by atoms with Gasteiger partial charge in [0, 0.05) is 11.3 Å². The van der Waals surface area contributed by atoms with Gasteiger partial charge in [-0.2, -0.15) is 13.2 Å². The van der Waals surface area contributed by atoms with E-state index in [1.54, 1.807) is 54.6 Å². The van der Waals surface area contributed by atoms with E-state index in [9.17, 15) is 22.8 Å². The maximum Gasteiger partial charge on any atom is 0.416 e. The Morgan fingerprint density at radius 2 is 1.64 bits per heavy atom. The topological polar surface area (TPSA) is 73.9 Å². The lowest BCUT2D eigenvalue weighted by Gasteiger charge is -2.26. The third-order valence-corrected chi connectivity index (χ3v) is 4.80. The number of benzene rings is 3. The van der Waals surface area contributed by atoms with Gasteiger partial charge in [-0.1, -0.05) is 48.5 Å². The molecule has 9 heteroatoms. The summed E-state index contributed by atoms with van der Waals surface area (Å²) in [6, 6.07) is 19.1. The first-order valence-corrected chi connectivity index (χ1v) is 9.93. The van der Waals surface area contributed by atoms with Crippen LogP contribution < -0.4 is 14.8 Å². The van der Waals surface area contributed by atoms with Gasteiger partial charge in [-0.05, 0) is 30.3 Å². The quantitative estimate of drug-likeness (QED) is 0.559. The third kappa shape index (κ3) is 5.25. The smallest absolute Gasteiger partial charge is 0.416 e. The standard InChI is InChI=1S/C24H18F3NO5/c25-24(26,27)16-9-6-10-17(13-16)28-22(29)21(15-7-2-1-3-8-15)33-23(30)20-14-31-18-11-4-5-12-19(18)32-20/h1-13,20-21H,14H2,(H,28,29)/t20-,21-/m1/s1. The van der Waals surface area contributed by atoms with Crippen LogP contribution in [0, 0.1) is 0 Å². The van der Waals surface area contributed by atoms with E-state index in [4.69, 9.17) is 14.2 Å². The number of alkyl halides is 3. The predicted octanol–water partition coefficient (Wildman–Crippen LogP) is 4.77. The SMILES string of the molecule is O=C(O[C@@H](C(=O)Nc1cccc(C(F)(F)F)c1)c1ccccc1)[C@H]1COc2ccccc2O1. The molecule has 33 heavy (non-hydrogen) atoms. The summed E-state index contributed by atoms with van der Waals surface area (Å²) in [5.41, 5.74) is -0.662. The number of para-hydroxylation sites is 2. The van der Waals surface area contributed by atoms with Crippen molar-refractivity contribution in [2.45, 2.75) is 18.4 Å². The lowest BCUT2D eigenvalue weighted by Crippen LogP contribution is -2.39. The van der Waals surface area contributed by atoms with E-state index >= 15 is 0 Å². The maximum atomic E-state index is 13.0. The number of nitrogens with one attached hydrogen (secondary N) is 1. The van der Waals surface area contributed by atoms with Gasteiger partial charge < -0.3 is 19.5 Å². The van der Waals surface area contributed by atoms with Crippen LogP contribution in [0.3, 0.4) is 0 Å². The van der Waals surface area contributed by atoms with Gasteiger partial charge in [-0.25, -0.2) is 4.79 Å². The largest absolute Gasteiger partial charge is 0.485 e. The van der Waals surface area contributed by atoms with Gasteiger partial charge in [-0.15, -0.1) is 0 Å². The number of amides is 1. The van der Waals surface area contributed by atoms with Crippen molar-refractivity contribution in [3.05, 3.63) is 90.0 Å². The van der Waals surface area contributed by atoms with Crippen molar-refractivity contribution in [3.63, 3.8) is 0 Å². The molecule has 0 saturated carbocycles. The lowest BCUT2D eigenvalue weighted by molar-refractivity contribution is -0.164. The van der Waals surface area contributed by atoms with Crippen LogP contribution >= 0.6 is 0 Å². The number of anilines is 1. The number of carbonyl (C=O) groups excluding carboxylic acids is 2. The third-order valence-electron chi connectivity index (χ3n) is 4.80. The molecule has 1 N–H and O–H groups in total. The summed E-state index contributed by atoms with van der Waals surface area (Å²) >= 11 is 0. The Labute approximate surface area is 186 Å². The lowest BCUT2D eigenvalue weighted by atomic mass is 10.1. The Kier molecular flexibility index (Phi) is 6.21. The van der Waals surface area contributed by atoms with Crippen LogP contribution in [-0.4, -0.2) is 24.6 Å². The van der Waals surface area contributed by atoms with Crippen molar-refractivity contribution in [2.24, 2.45) is 0 Å². The van der Waals surface area contributed by atoms with Gasteiger partial charge in [0.05, 0.1) is 5.56 Å². The summed E-state index contributed by atoms with van der Waals surface area (Å²) in [6.07, 6.45) is -7.11. The molecular weight excluding hydrogens is 439 g/mol. The molecule has 1 aliphatic rings. The van der Waals surface area contributed by atoms with Crippen LogP contribution in [0.15, 0.2) is 78.9 Å². The Bertz CT molecular complexity index is 1150. The van der Waals surface area contributed by atoms with E-state index in [2.05, 4.69) is 5.32 Å². The summed E-state index contributed by atoms with van der Waals surface area (Å²) in [6.45, 7) is -0.118. The zero-order valence-corrected chi connectivity index (χ0v) is 17.0. The molecule has 1 heterocycles. The summed E-state index contributed by atoms with van der Waals surface area (Å²) in [4.78, 5) is 25.7. The molecule has 1 amide bonds. The van der Waals surface area contributed by atoms with Crippen molar-refractivity contribution in [3.8, 4) is 11.5 Å². The fourth-order valence-electron chi connectivity index (χ4n) is 3.21. The number of halogens is 3. The predicted molar refractivity (Wildman–Crippen MR) is 112 cm³/mol. The fourth-order valence-corrected chi connectivity index (χ4v) is 3.21. The van der Waals surface area contributed by atoms with Crippen molar-refractivity contribution in [1.29, 1.82) is 0 Å². The van der Waals surface area contributed by atoms with Gasteiger partial charge in [-0.3, -0.25) is 4.79 Å². The average Bonchev–Trinajstić information content (AvgIpc) is 2.82. The molecular formula is C24H18F3NO5. The molecule has 0 saturated heterocycles. The molecule has 4 rings (SSSR count). The number of esters is 1. The Morgan fingerprint density at radius 1 is 0.939 bits per heavy atom. The molecule has 0 aromatic heterocycles. The minimum atomic E-state index is -4.57. The second-order valence-corrected chi connectivity index (χ2v) is 7.16. The van der Waals surface area contributed by atoms with Crippen LogP contribution in [0.25, 0.3) is 0 Å². The molecule has 3 aromatic carbocycles. The Balaban J connectivity index is 1.53. The van der Waals surface area contributed by atoms with Gasteiger partial charge in [0.25, 0.3) is 5.91 Å².